The highest BCUT2D eigenvalue weighted by Gasteiger charge is 2.09. The largest absolute Gasteiger partial charge is 0.504 e. The fraction of sp³-hybridized carbons (Fsp3) is 0.111. The second kappa shape index (κ2) is 3.71. The van der Waals surface area contributed by atoms with Crippen LogP contribution in [0.15, 0.2) is 18.2 Å². The maximum absolute atomic E-state index is 10.5. The Morgan fingerprint density at radius 2 is 2.23 bits per heavy atom. The van der Waals surface area contributed by atoms with Gasteiger partial charge in [0.25, 0.3) is 0 Å². The number of phenols is 1. The molecule has 1 radical (unpaired) electrons. The van der Waals surface area contributed by atoms with Crippen LogP contribution in [0.1, 0.15) is 12.5 Å². The van der Waals surface area contributed by atoms with Gasteiger partial charge in [-0.25, -0.2) is 0 Å². The van der Waals surface area contributed by atoms with Gasteiger partial charge in [0.1, 0.15) is 0 Å². The average Bonchev–Trinajstić information content (AvgIpc) is 2.08. The first kappa shape index (κ1) is 9.25. The summed E-state index contributed by atoms with van der Waals surface area (Å²) in [6.07, 6.45) is 1.52. The number of hydrogen-bond donors (Lipinski definition) is 1. The molecule has 0 unspecified atom stereocenters. The van der Waals surface area contributed by atoms with Crippen LogP contribution in [-0.2, 0) is 9.59 Å². The van der Waals surface area contributed by atoms with Crippen molar-refractivity contribution in [3.8, 4) is 11.5 Å². The van der Waals surface area contributed by atoms with Gasteiger partial charge >= 0.3 is 5.97 Å². The molecule has 0 fully saturated rings. The van der Waals surface area contributed by atoms with Gasteiger partial charge in [-0.15, -0.1) is 0 Å². The van der Waals surface area contributed by atoms with E-state index in [1.54, 1.807) is 0 Å². The molecule has 0 aliphatic rings. The molecule has 1 aromatic rings. The standard InChI is InChI=1S/C9H7O4/c1-6(11)13-8-4-2-3-7(5-10)9(8)12/h2-4,12H,1H3. The average molecular weight is 179 g/mol. The summed E-state index contributed by atoms with van der Waals surface area (Å²) in [6, 6.07) is 4.24. The Morgan fingerprint density at radius 3 is 2.77 bits per heavy atom. The number of para-hydroxylation sites is 1. The van der Waals surface area contributed by atoms with Crippen molar-refractivity contribution >= 4 is 12.3 Å². The van der Waals surface area contributed by atoms with Gasteiger partial charge in [0.15, 0.2) is 11.5 Å². The van der Waals surface area contributed by atoms with Gasteiger partial charge in [-0.05, 0) is 12.1 Å². The van der Waals surface area contributed by atoms with Crippen LogP contribution in [0.5, 0.6) is 11.5 Å². The van der Waals surface area contributed by atoms with Crippen LogP contribution in [0.3, 0.4) is 0 Å². The van der Waals surface area contributed by atoms with Crippen molar-refractivity contribution in [2.45, 2.75) is 6.92 Å². The lowest BCUT2D eigenvalue weighted by molar-refractivity contribution is -0.132. The summed E-state index contributed by atoms with van der Waals surface area (Å²) in [5, 5.41) is 9.30. The fourth-order valence-electron chi connectivity index (χ4n) is 0.842. The Balaban J connectivity index is 3.07. The topological polar surface area (TPSA) is 63.6 Å². The number of rotatable bonds is 2. The Bertz CT molecular complexity index is 343. The lowest BCUT2D eigenvalue weighted by atomic mass is 10.2. The van der Waals surface area contributed by atoms with E-state index >= 15 is 0 Å². The van der Waals surface area contributed by atoms with Crippen molar-refractivity contribution in [1.82, 2.24) is 0 Å². The Labute approximate surface area is 74.8 Å². The van der Waals surface area contributed by atoms with E-state index in [2.05, 4.69) is 4.74 Å². The number of esters is 1. The molecule has 0 aliphatic heterocycles. The molecule has 0 saturated carbocycles. The molecular formula is C9H7O4. The summed E-state index contributed by atoms with van der Waals surface area (Å²) in [6.45, 7) is 1.21. The Morgan fingerprint density at radius 1 is 1.54 bits per heavy atom. The monoisotopic (exact) mass is 179 g/mol. The minimum absolute atomic E-state index is 0.0289. The molecule has 13 heavy (non-hydrogen) atoms. The van der Waals surface area contributed by atoms with Crippen molar-refractivity contribution in [1.29, 1.82) is 0 Å². The van der Waals surface area contributed by atoms with Gasteiger partial charge in [0, 0.05) is 6.92 Å². The van der Waals surface area contributed by atoms with Gasteiger partial charge in [-0.1, -0.05) is 6.07 Å². The van der Waals surface area contributed by atoms with E-state index in [0.717, 1.165) is 0 Å². The molecule has 67 valence electrons. The highest BCUT2D eigenvalue weighted by molar-refractivity contribution is 5.82. The van der Waals surface area contributed by atoms with E-state index in [-0.39, 0.29) is 17.1 Å². The molecule has 0 spiro atoms. The van der Waals surface area contributed by atoms with Gasteiger partial charge in [-0.3, -0.25) is 9.59 Å². The lowest BCUT2D eigenvalue weighted by Crippen LogP contribution is -2.02. The van der Waals surface area contributed by atoms with Gasteiger partial charge < -0.3 is 9.84 Å². The molecule has 0 atom stereocenters. The van der Waals surface area contributed by atoms with Crippen LogP contribution < -0.4 is 4.74 Å². The third-order valence-electron chi connectivity index (χ3n) is 1.36. The number of ether oxygens (including phenoxy) is 1. The normalized spacial score (nSPS) is 9.31. The van der Waals surface area contributed by atoms with Gasteiger partial charge in [0.05, 0.1) is 5.56 Å². The predicted octanol–water partition coefficient (Wildman–Crippen LogP) is 0.775. The molecule has 0 bridgehead atoms. The second-order valence-electron chi connectivity index (χ2n) is 2.35. The summed E-state index contributed by atoms with van der Waals surface area (Å²) in [5.74, 6) is -0.959. The number of hydrogen-bond acceptors (Lipinski definition) is 4. The van der Waals surface area contributed by atoms with E-state index in [1.165, 1.54) is 31.4 Å². The number of aromatic hydroxyl groups is 1. The first-order chi connectivity index (χ1) is 6.15. The van der Waals surface area contributed by atoms with Crippen LogP contribution in [-0.4, -0.2) is 17.4 Å². The molecule has 0 saturated heterocycles. The minimum Gasteiger partial charge on any atom is -0.504 e. The van der Waals surface area contributed by atoms with Crippen LogP contribution in [0, 0.1) is 0 Å². The third kappa shape index (κ3) is 2.05. The highest BCUT2D eigenvalue weighted by atomic mass is 16.5. The SMILES string of the molecule is CC(=O)Oc1cccc([C]=O)c1O. The van der Waals surface area contributed by atoms with Crippen LogP contribution in [0.2, 0.25) is 0 Å². The van der Waals surface area contributed by atoms with E-state index < -0.39 is 5.97 Å². The number of phenolic OH excluding ortho intramolecular Hbond substituents is 1. The van der Waals surface area contributed by atoms with E-state index in [4.69, 9.17) is 0 Å². The van der Waals surface area contributed by atoms with Gasteiger partial charge in [-0.2, -0.15) is 0 Å². The van der Waals surface area contributed by atoms with Crippen LogP contribution >= 0.6 is 0 Å². The lowest BCUT2D eigenvalue weighted by Gasteiger charge is -2.04. The molecular weight excluding hydrogens is 172 g/mol. The minimum atomic E-state index is -0.557. The van der Waals surface area contributed by atoms with Crippen molar-refractivity contribution in [2.24, 2.45) is 0 Å². The molecule has 0 heterocycles. The first-order valence-electron chi connectivity index (χ1n) is 3.53. The van der Waals surface area contributed by atoms with Crippen LogP contribution in [0.25, 0.3) is 0 Å². The Hall–Kier alpha value is -1.84. The molecule has 1 rings (SSSR count). The number of benzene rings is 1. The fourth-order valence-corrected chi connectivity index (χ4v) is 0.842. The summed E-state index contributed by atoms with van der Waals surface area (Å²) >= 11 is 0. The van der Waals surface area contributed by atoms with Crippen molar-refractivity contribution < 1.29 is 19.4 Å². The molecule has 0 aromatic heterocycles. The molecule has 1 aromatic carbocycles. The van der Waals surface area contributed by atoms with Crippen molar-refractivity contribution in [3.05, 3.63) is 23.8 Å². The molecule has 0 amide bonds. The zero-order chi connectivity index (χ0) is 9.84. The van der Waals surface area contributed by atoms with E-state index in [1.807, 2.05) is 0 Å². The summed E-state index contributed by atoms with van der Waals surface area (Å²) < 4.78 is 4.62. The van der Waals surface area contributed by atoms with Crippen molar-refractivity contribution in [3.63, 3.8) is 0 Å². The zero-order valence-corrected chi connectivity index (χ0v) is 6.90. The maximum Gasteiger partial charge on any atom is 0.308 e. The smallest absolute Gasteiger partial charge is 0.308 e. The summed E-state index contributed by atoms with van der Waals surface area (Å²) in [5.41, 5.74) is -0.0289. The molecule has 4 heteroatoms. The molecule has 0 aliphatic carbocycles. The Kier molecular flexibility index (Phi) is 2.64. The molecule has 1 N–H and O–H groups in total. The highest BCUT2D eigenvalue weighted by Crippen LogP contribution is 2.28. The van der Waals surface area contributed by atoms with Gasteiger partial charge in [0.2, 0.25) is 6.29 Å². The maximum atomic E-state index is 10.5. The molecule has 4 nitrogen and oxygen atoms in total. The predicted molar refractivity (Wildman–Crippen MR) is 44.2 cm³/mol. The first-order valence-corrected chi connectivity index (χ1v) is 3.53. The third-order valence-corrected chi connectivity index (χ3v) is 1.36. The van der Waals surface area contributed by atoms with E-state index in [9.17, 15) is 14.7 Å². The second-order valence-corrected chi connectivity index (χ2v) is 2.35. The van der Waals surface area contributed by atoms with Crippen LogP contribution in [0.4, 0.5) is 0 Å². The quantitative estimate of drug-likeness (QED) is 0.538. The number of carbonyl (C=O) groups is 1. The van der Waals surface area contributed by atoms with E-state index in [0.29, 0.717) is 0 Å². The zero-order valence-electron chi connectivity index (χ0n) is 6.90. The summed E-state index contributed by atoms with van der Waals surface area (Å²) in [7, 11) is 0. The number of carbonyl (C=O) groups excluding carboxylic acids is 2. The summed E-state index contributed by atoms with van der Waals surface area (Å²) in [4.78, 5) is 20.8. The van der Waals surface area contributed by atoms with Crippen molar-refractivity contribution in [2.75, 3.05) is 0 Å².